The molecular formula is C15H23NO5. The smallest absolute Gasteiger partial charge is 0.327 e. The van der Waals surface area contributed by atoms with Crippen LogP contribution in [0.3, 0.4) is 0 Å². The zero-order valence-electron chi connectivity index (χ0n) is 12.3. The molecule has 0 fully saturated rings. The Hall–Kier alpha value is -1.47. The molecule has 2 N–H and O–H groups in total. The lowest BCUT2D eigenvalue weighted by molar-refractivity contribution is -0.147. The van der Waals surface area contributed by atoms with Crippen molar-refractivity contribution in [1.29, 1.82) is 0 Å². The number of hydrogen-bond acceptors (Lipinski definition) is 6. The van der Waals surface area contributed by atoms with Crippen LogP contribution in [0.25, 0.3) is 0 Å². The Bertz CT molecular complexity index is 385. The van der Waals surface area contributed by atoms with Gasteiger partial charge in [-0.3, -0.25) is 0 Å². The molecule has 0 aliphatic heterocycles. The average molecular weight is 297 g/mol. The molecule has 0 radical (unpaired) electrons. The summed E-state index contributed by atoms with van der Waals surface area (Å²) in [6.07, 6.45) is 0. The third-order valence-electron chi connectivity index (χ3n) is 2.69. The Kier molecular flexibility index (Phi) is 9.39. The van der Waals surface area contributed by atoms with Crippen LogP contribution in [0.5, 0.6) is 0 Å². The molecule has 6 heteroatoms. The molecule has 0 saturated heterocycles. The number of methoxy groups -OCH3 is 1. The molecule has 1 rings (SSSR count). The molecule has 0 aromatic heterocycles. The quantitative estimate of drug-likeness (QED) is 0.483. The van der Waals surface area contributed by atoms with Crippen molar-refractivity contribution in [1.82, 2.24) is 0 Å². The molecule has 21 heavy (non-hydrogen) atoms. The van der Waals surface area contributed by atoms with Gasteiger partial charge >= 0.3 is 5.97 Å². The van der Waals surface area contributed by atoms with Crippen LogP contribution in [0, 0.1) is 0 Å². The molecule has 1 atom stereocenters. The van der Waals surface area contributed by atoms with E-state index >= 15 is 0 Å². The highest BCUT2D eigenvalue weighted by atomic mass is 16.6. The first-order valence-corrected chi connectivity index (χ1v) is 6.87. The van der Waals surface area contributed by atoms with Gasteiger partial charge in [0.15, 0.2) is 0 Å². The van der Waals surface area contributed by atoms with Crippen LogP contribution < -0.4 is 5.73 Å². The highest BCUT2D eigenvalue weighted by Crippen LogP contribution is 2.10. The van der Waals surface area contributed by atoms with Crippen molar-refractivity contribution in [3.63, 3.8) is 0 Å². The van der Waals surface area contributed by atoms with Gasteiger partial charge in [-0.2, -0.15) is 0 Å². The van der Waals surface area contributed by atoms with Crippen LogP contribution in [0.15, 0.2) is 30.3 Å². The Labute approximate surface area is 125 Å². The number of hydrogen-bond donors (Lipinski definition) is 1. The number of carbonyl (C=O) groups excluding carboxylic acids is 1. The normalized spacial score (nSPS) is 12.1. The van der Waals surface area contributed by atoms with E-state index < -0.39 is 12.0 Å². The predicted octanol–water partition coefficient (Wildman–Crippen LogP) is 0.909. The van der Waals surface area contributed by atoms with Gasteiger partial charge in [-0.25, -0.2) is 4.79 Å². The summed E-state index contributed by atoms with van der Waals surface area (Å²) in [4.78, 5) is 11.7. The second kappa shape index (κ2) is 11.2. The van der Waals surface area contributed by atoms with E-state index in [4.69, 9.17) is 24.7 Å². The van der Waals surface area contributed by atoms with E-state index in [1.54, 1.807) is 19.2 Å². The summed E-state index contributed by atoms with van der Waals surface area (Å²) < 4.78 is 20.4. The van der Waals surface area contributed by atoms with Gasteiger partial charge in [-0.15, -0.1) is 0 Å². The highest BCUT2D eigenvalue weighted by molar-refractivity contribution is 5.77. The van der Waals surface area contributed by atoms with Gasteiger partial charge in [0, 0.05) is 7.11 Å². The van der Waals surface area contributed by atoms with Gasteiger partial charge in [0.2, 0.25) is 0 Å². The zero-order valence-corrected chi connectivity index (χ0v) is 12.3. The van der Waals surface area contributed by atoms with Gasteiger partial charge in [-0.05, 0) is 5.56 Å². The molecule has 0 unspecified atom stereocenters. The fourth-order valence-corrected chi connectivity index (χ4v) is 1.55. The van der Waals surface area contributed by atoms with E-state index in [1.807, 2.05) is 18.2 Å². The van der Waals surface area contributed by atoms with Gasteiger partial charge in [0.1, 0.15) is 12.6 Å². The summed E-state index contributed by atoms with van der Waals surface area (Å²) in [6, 6.07) is 8.34. The van der Waals surface area contributed by atoms with Crippen molar-refractivity contribution < 1.29 is 23.7 Å². The monoisotopic (exact) mass is 297 g/mol. The highest BCUT2D eigenvalue weighted by Gasteiger charge is 2.16. The van der Waals surface area contributed by atoms with E-state index in [0.29, 0.717) is 33.0 Å². The predicted molar refractivity (Wildman–Crippen MR) is 77.8 cm³/mol. The third-order valence-corrected chi connectivity index (χ3v) is 2.69. The largest absolute Gasteiger partial charge is 0.462 e. The lowest BCUT2D eigenvalue weighted by atomic mass is 10.1. The maximum Gasteiger partial charge on any atom is 0.327 e. The molecule has 6 nitrogen and oxygen atoms in total. The number of carbonyl (C=O) groups is 1. The minimum absolute atomic E-state index is 0.178. The van der Waals surface area contributed by atoms with Crippen molar-refractivity contribution in [2.45, 2.75) is 6.04 Å². The van der Waals surface area contributed by atoms with E-state index in [9.17, 15) is 4.79 Å². The number of rotatable bonds is 11. The van der Waals surface area contributed by atoms with Crippen LogP contribution in [0.4, 0.5) is 0 Å². The first kappa shape index (κ1) is 17.6. The Balaban J connectivity index is 2.03. The van der Waals surface area contributed by atoms with Crippen LogP contribution in [-0.4, -0.2) is 52.7 Å². The summed E-state index contributed by atoms with van der Waals surface area (Å²) in [6.45, 7) is 2.54. The number of esters is 1. The van der Waals surface area contributed by atoms with Crippen LogP contribution >= 0.6 is 0 Å². The molecule has 1 aromatic rings. The number of benzene rings is 1. The summed E-state index contributed by atoms with van der Waals surface area (Å²) in [5, 5.41) is 0. The minimum atomic E-state index is -0.761. The topological polar surface area (TPSA) is 80.0 Å². The first-order chi connectivity index (χ1) is 10.3. The Morgan fingerprint density at radius 2 is 1.57 bits per heavy atom. The van der Waals surface area contributed by atoms with Gasteiger partial charge in [0.25, 0.3) is 0 Å². The SMILES string of the molecule is COCCOCCOCCOC(=O)[C@H](N)c1ccccc1. The van der Waals surface area contributed by atoms with Crippen LogP contribution in [0.2, 0.25) is 0 Å². The van der Waals surface area contributed by atoms with Crippen molar-refractivity contribution in [2.75, 3.05) is 46.8 Å². The zero-order chi connectivity index (χ0) is 15.3. The molecule has 0 bridgehead atoms. The number of nitrogens with two attached hydrogens (primary N) is 1. The second-order valence-corrected chi connectivity index (χ2v) is 4.27. The van der Waals surface area contributed by atoms with Crippen LogP contribution in [0.1, 0.15) is 11.6 Å². The fourth-order valence-electron chi connectivity index (χ4n) is 1.55. The molecule has 0 aliphatic rings. The summed E-state index contributed by atoms with van der Waals surface area (Å²) in [7, 11) is 1.62. The molecule has 118 valence electrons. The molecule has 0 spiro atoms. The van der Waals surface area contributed by atoms with Crippen LogP contribution in [-0.2, 0) is 23.7 Å². The van der Waals surface area contributed by atoms with Gasteiger partial charge in [-0.1, -0.05) is 30.3 Å². The molecule has 0 amide bonds. The van der Waals surface area contributed by atoms with Crippen molar-refractivity contribution >= 4 is 5.97 Å². The van der Waals surface area contributed by atoms with E-state index in [-0.39, 0.29) is 6.61 Å². The van der Waals surface area contributed by atoms with Gasteiger partial charge in [0.05, 0.1) is 33.0 Å². The summed E-state index contributed by atoms with van der Waals surface area (Å²) in [5.74, 6) is -0.457. The fraction of sp³-hybridized carbons (Fsp3) is 0.533. The Morgan fingerprint density at radius 3 is 2.19 bits per heavy atom. The third kappa shape index (κ3) is 7.77. The lowest BCUT2D eigenvalue weighted by Gasteiger charge is -2.12. The molecule has 1 aromatic carbocycles. The minimum Gasteiger partial charge on any atom is -0.462 e. The lowest BCUT2D eigenvalue weighted by Crippen LogP contribution is -2.25. The number of ether oxygens (including phenoxy) is 4. The maximum absolute atomic E-state index is 11.7. The van der Waals surface area contributed by atoms with E-state index in [2.05, 4.69) is 0 Å². The second-order valence-electron chi connectivity index (χ2n) is 4.27. The molecule has 0 saturated carbocycles. The molecular weight excluding hydrogens is 274 g/mol. The Morgan fingerprint density at radius 1 is 1.00 bits per heavy atom. The molecule has 0 aliphatic carbocycles. The van der Waals surface area contributed by atoms with Crippen molar-refractivity contribution in [2.24, 2.45) is 5.73 Å². The standard InChI is InChI=1S/C15H23NO5/c1-18-7-8-19-9-10-20-11-12-21-15(17)14(16)13-5-3-2-4-6-13/h2-6,14H,7-12,16H2,1H3/t14-/m1/s1. The van der Waals surface area contributed by atoms with E-state index in [1.165, 1.54) is 0 Å². The summed E-state index contributed by atoms with van der Waals surface area (Å²) in [5.41, 5.74) is 6.53. The van der Waals surface area contributed by atoms with Crippen molar-refractivity contribution in [3.8, 4) is 0 Å². The first-order valence-electron chi connectivity index (χ1n) is 6.87. The van der Waals surface area contributed by atoms with Crippen molar-refractivity contribution in [3.05, 3.63) is 35.9 Å². The summed E-state index contributed by atoms with van der Waals surface area (Å²) >= 11 is 0. The van der Waals surface area contributed by atoms with E-state index in [0.717, 1.165) is 5.56 Å². The maximum atomic E-state index is 11.7. The van der Waals surface area contributed by atoms with Gasteiger partial charge < -0.3 is 24.7 Å². The average Bonchev–Trinajstić information content (AvgIpc) is 2.53. The molecule has 0 heterocycles.